The maximum atomic E-state index is 5.74. The molecule has 5 heteroatoms. The predicted molar refractivity (Wildman–Crippen MR) is 57.8 cm³/mol. The molecule has 0 aromatic carbocycles. The Morgan fingerprint density at radius 3 is 3.20 bits per heavy atom. The van der Waals surface area contributed by atoms with Gasteiger partial charge in [0.15, 0.2) is 0 Å². The van der Waals surface area contributed by atoms with Crippen molar-refractivity contribution >= 4 is 22.6 Å². The van der Waals surface area contributed by atoms with E-state index in [1.807, 2.05) is 0 Å². The van der Waals surface area contributed by atoms with Gasteiger partial charge in [-0.05, 0) is 17.7 Å². The van der Waals surface area contributed by atoms with Crippen LogP contribution in [0.15, 0.2) is 12.3 Å². The van der Waals surface area contributed by atoms with E-state index in [2.05, 4.69) is 20.9 Å². The van der Waals surface area contributed by atoms with Crippen LogP contribution in [0.1, 0.15) is 6.42 Å². The second-order valence-electron chi connectivity index (χ2n) is 2.84. The van der Waals surface area contributed by atoms with E-state index in [0.717, 1.165) is 11.0 Å². The topological polar surface area (TPSA) is 50.8 Å². The summed E-state index contributed by atoms with van der Waals surface area (Å²) in [6.07, 6.45) is 7.40. The maximum Gasteiger partial charge on any atom is 0.242 e. The molecule has 15 heavy (non-hydrogen) atoms. The lowest BCUT2D eigenvalue weighted by Crippen LogP contribution is -1.99. The van der Waals surface area contributed by atoms with E-state index >= 15 is 0 Å². The lowest BCUT2D eigenvalue weighted by molar-refractivity contribution is 0.318. The van der Waals surface area contributed by atoms with Gasteiger partial charge in [0.2, 0.25) is 11.2 Å². The monoisotopic (exact) mass is 221 g/mol. The fourth-order valence-corrected chi connectivity index (χ4v) is 1.37. The summed E-state index contributed by atoms with van der Waals surface area (Å²) in [5.74, 6) is 2.92. The Morgan fingerprint density at radius 1 is 1.53 bits per heavy atom. The summed E-state index contributed by atoms with van der Waals surface area (Å²) in [7, 11) is 0. The number of hydrogen-bond acceptors (Lipinski definition) is 3. The van der Waals surface area contributed by atoms with Crippen LogP contribution in [0.2, 0.25) is 5.28 Å². The summed E-state index contributed by atoms with van der Waals surface area (Å²) >= 11 is 5.74. The van der Waals surface area contributed by atoms with Gasteiger partial charge in [0, 0.05) is 12.6 Å². The smallest absolute Gasteiger partial charge is 0.242 e. The normalized spacial score (nSPS) is 10.1. The third-order valence-electron chi connectivity index (χ3n) is 1.83. The summed E-state index contributed by atoms with van der Waals surface area (Å²) < 4.78 is 5.39. The highest BCUT2D eigenvalue weighted by Crippen LogP contribution is 2.22. The molecule has 0 unspecified atom stereocenters. The van der Waals surface area contributed by atoms with Crippen molar-refractivity contribution in [1.29, 1.82) is 0 Å². The first-order chi connectivity index (χ1) is 7.31. The molecule has 0 aliphatic rings. The quantitative estimate of drug-likeness (QED) is 0.490. The standard InChI is InChI=1S/C10H8ClN3O/c1-2-3-6-15-9-8-7(4-5-12-8)13-10(11)14-9/h1,4-5,12H,3,6H2. The Labute approximate surface area is 91.6 Å². The van der Waals surface area contributed by atoms with Crippen molar-refractivity contribution < 1.29 is 4.74 Å². The Bertz CT molecular complexity index is 515. The average molecular weight is 222 g/mol. The van der Waals surface area contributed by atoms with Crippen LogP contribution in [0.5, 0.6) is 5.88 Å². The van der Waals surface area contributed by atoms with Crippen LogP contribution in [-0.4, -0.2) is 21.6 Å². The van der Waals surface area contributed by atoms with E-state index < -0.39 is 0 Å². The first-order valence-corrected chi connectivity index (χ1v) is 4.76. The van der Waals surface area contributed by atoms with Crippen LogP contribution in [0.25, 0.3) is 11.0 Å². The number of terminal acetylenes is 1. The molecular weight excluding hydrogens is 214 g/mol. The maximum absolute atomic E-state index is 5.74. The molecule has 0 aliphatic heterocycles. The van der Waals surface area contributed by atoms with Gasteiger partial charge in [-0.2, -0.15) is 4.98 Å². The van der Waals surface area contributed by atoms with E-state index in [1.54, 1.807) is 12.3 Å². The molecule has 0 spiro atoms. The van der Waals surface area contributed by atoms with Crippen LogP contribution in [0, 0.1) is 12.3 Å². The predicted octanol–water partition coefficient (Wildman–Crippen LogP) is 2.01. The average Bonchev–Trinajstić information content (AvgIpc) is 2.65. The lowest BCUT2D eigenvalue weighted by Gasteiger charge is -2.03. The second kappa shape index (κ2) is 4.20. The van der Waals surface area contributed by atoms with Crippen LogP contribution in [0.3, 0.4) is 0 Å². The second-order valence-corrected chi connectivity index (χ2v) is 3.18. The summed E-state index contributed by atoms with van der Waals surface area (Å²) in [6, 6.07) is 1.80. The minimum absolute atomic E-state index is 0.165. The van der Waals surface area contributed by atoms with Gasteiger partial charge in [0.1, 0.15) is 12.1 Å². The number of ether oxygens (including phenoxy) is 1. The van der Waals surface area contributed by atoms with Crippen LogP contribution < -0.4 is 4.74 Å². The Balaban J connectivity index is 2.32. The van der Waals surface area contributed by atoms with E-state index in [-0.39, 0.29) is 5.28 Å². The van der Waals surface area contributed by atoms with Gasteiger partial charge in [-0.1, -0.05) is 0 Å². The number of nitrogens with one attached hydrogen (secondary N) is 1. The molecule has 0 aliphatic carbocycles. The minimum Gasteiger partial charge on any atom is -0.475 e. The Kier molecular flexibility index (Phi) is 2.75. The van der Waals surface area contributed by atoms with Crippen molar-refractivity contribution in [3.05, 3.63) is 17.5 Å². The zero-order valence-electron chi connectivity index (χ0n) is 7.83. The molecule has 0 radical (unpaired) electrons. The fourth-order valence-electron chi connectivity index (χ4n) is 1.20. The number of H-pyrrole nitrogens is 1. The zero-order valence-corrected chi connectivity index (χ0v) is 8.58. The van der Waals surface area contributed by atoms with E-state index in [0.29, 0.717) is 18.9 Å². The number of hydrogen-bond donors (Lipinski definition) is 1. The molecule has 0 amide bonds. The summed E-state index contributed by atoms with van der Waals surface area (Å²) in [5, 5.41) is 0.165. The van der Waals surface area contributed by atoms with Crippen molar-refractivity contribution in [2.45, 2.75) is 6.42 Å². The molecule has 76 valence electrons. The third-order valence-corrected chi connectivity index (χ3v) is 2.00. The van der Waals surface area contributed by atoms with Gasteiger partial charge in [-0.15, -0.1) is 12.3 Å². The molecule has 0 bridgehead atoms. The van der Waals surface area contributed by atoms with Gasteiger partial charge < -0.3 is 9.72 Å². The van der Waals surface area contributed by atoms with Crippen molar-refractivity contribution in [3.63, 3.8) is 0 Å². The SMILES string of the molecule is C#CCCOc1nc(Cl)nc2cc[nH]c12. The minimum atomic E-state index is 0.165. The summed E-state index contributed by atoms with van der Waals surface area (Å²) in [4.78, 5) is 11.0. The largest absolute Gasteiger partial charge is 0.475 e. The summed E-state index contributed by atoms with van der Waals surface area (Å²) in [6.45, 7) is 0.415. The number of aromatic nitrogens is 3. The highest BCUT2D eigenvalue weighted by atomic mass is 35.5. The first-order valence-electron chi connectivity index (χ1n) is 4.38. The molecule has 2 aromatic heterocycles. The molecule has 1 N–H and O–H groups in total. The number of rotatable bonds is 3. The summed E-state index contributed by atoms with van der Waals surface area (Å²) in [5.41, 5.74) is 1.46. The molecule has 2 heterocycles. The van der Waals surface area contributed by atoms with Crippen molar-refractivity contribution in [2.75, 3.05) is 6.61 Å². The highest BCUT2D eigenvalue weighted by Gasteiger charge is 2.08. The highest BCUT2D eigenvalue weighted by molar-refractivity contribution is 6.28. The molecule has 0 saturated heterocycles. The van der Waals surface area contributed by atoms with E-state index in [9.17, 15) is 0 Å². The van der Waals surface area contributed by atoms with E-state index in [4.69, 9.17) is 22.8 Å². The molecule has 0 saturated carbocycles. The Hall–Kier alpha value is -1.73. The molecule has 2 aromatic rings. The van der Waals surface area contributed by atoms with Crippen molar-refractivity contribution in [3.8, 4) is 18.2 Å². The molecule has 2 rings (SSSR count). The Morgan fingerprint density at radius 2 is 2.40 bits per heavy atom. The van der Waals surface area contributed by atoms with Gasteiger partial charge in [0.25, 0.3) is 0 Å². The van der Waals surface area contributed by atoms with Crippen molar-refractivity contribution in [2.24, 2.45) is 0 Å². The van der Waals surface area contributed by atoms with Crippen LogP contribution in [0.4, 0.5) is 0 Å². The van der Waals surface area contributed by atoms with Gasteiger partial charge in [-0.3, -0.25) is 0 Å². The van der Waals surface area contributed by atoms with Crippen molar-refractivity contribution in [1.82, 2.24) is 15.0 Å². The molecular formula is C10H8ClN3O. The third kappa shape index (κ3) is 2.03. The number of fused-ring (bicyclic) bond motifs is 1. The lowest BCUT2D eigenvalue weighted by atomic mass is 10.4. The van der Waals surface area contributed by atoms with Crippen LogP contribution >= 0.6 is 11.6 Å². The first kappa shape index (κ1) is 9.81. The van der Waals surface area contributed by atoms with E-state index in [1.165, 1.54) is 0 Å². The molecule has 4 nitrogen and oxygen atoms in total. The van der Waals surface area contributed by atoms with Gasteiger partial charge in [0.05, 0.1) is 5.52 Å². The van der Waals surface area contributed by atoms with Gasteiger partial charge >= 0.3 is 0 Å². The fraction of sp³-hybridized carbons (Fsp3) is 0.200. The molecule has 0 fully saturated rings. The van der Waals surface area contributed by atoms with Gasteiger partial charge in [-0.25, -0.2) is 4.98 Å². The zero-order chi connectivity index (χ0) is 10.7. The van der Waals surface area contributed by atoms with Crippen LogP contribution in [-0.2, 0) is 0 Å². The number of aromatic amines is 1. The number of nitrogens with zero attached hydrogens (tertiary/aromatic N) is 2. The number of halogens is 1. The molecule has 0 atom stereocenters.